The average molecular weight is 501 g/mol. The number of carbonyl (C=O) groups excluding carboxylic acids is 2. The predicted octanol–water partition coefficient (Wildman–Crippen LogP) is 4.70. The van der Waals surface area contributed by atoms with Gasteiger partial charge in [-0.2, -0.15) is 0 Å². The maximum Gasteiger partial charge on any atom is 0.317 e. The Labute approximate surface area is 214 Å². The van der Waals surface area contributed by atoms with E-state index in [1.165, 1.54) is 0 Å². The lowest BCUT2D eigenvalue weighted by Gasteiger charge is -2.36. The minimum atomic E-state index is -0.910. The second-order valence-electron chi connectivity index (χ2n) is 9.06. The lowest BCUT2D eigenvalue weighted by Crippen LogP contribution is -2.48. The van der Waals surface area contributed by atoms with Crippen molar-refractivity contribution in [2.75, 3.05) is 26.4 Å². The van der Waals surface area contributed by atoms with Crippen LogP contribution in [0.15, 0.2) is 60.7 Å². The molecule has 0 aliphatic carbocycles. The third kappa shape index (κ3) is 8.73. The molecule has 0 saturated carbocycles. The minimum Gasteiger partial charge on any atom is -0.461 e. The van der Waals surface area contributed by atoms with Crippen LogP contribution < -0.4 is 0 Å². The molecular weight excluding hydrogens is 460 g/mol. The van der Waals surface area contributed by atoms with E-state index in [-0.39, 0.29) is 38.5 Å². The van der Waals surface area contributed by atoms with Gasteiger partial charge in [0.1, 0.15) is 18.6 Å². The predicted molar refractivity (Wildman–Crippen MR) is 137 cm³/mol. The molecule has 3 unspecified atom stereocenters. The van der Waals surface area contributed by atoms with Crippen LogP contribution >= 0.6 is 0 Å². The van der Waals surface area contributed by atoms with Gasteiger partial charge in [0.05, 0.1) is 25.2 Å². The molecule has 7 nitrogen and oxygen atoms in total. The molecule has 2 fully saturated rings. The number of ether oxygens (including phenoxy) is 4. The van der Waals surface area contributed by atoms with E-state index in [9.17, 15) is 14.7 Å². The summed E-state index contributed by atoms with van der Waals surface area (Å²) in [6.07, 6.45) is 2.44. The highest BCUT2D eigenvalue weighted by Gasteiger charge is 2.46. The Hall–Kier alpha value is -2.74. The van der Waals surface area contributed by atoms with E-state index in [0.717, 1.165) is 37.0 Å². The van der Waals surface area contributed by atoms with Gasteiger partial charge in [0, 0.05) is 13.2 Å². The van der Waals surface area contributed by atoms with Gasteiger partial charge < -0.3 is 24.1 Å². The van der Waals surface area contributed by atoms with E-state index in [1.54, 1.807) is 6.92 Å². The Balaban J connectivity index is 0.000000250. The molecule has 0 aromatic heterocycles. The third-order valence-electron chi connectivity index (χ3n) is 6.41. The number of esters is 2. The molecule has 2 aromatic carbocycles. The molecule has 1 N–H and O–H groups in total. The number of hydrogen-bond acceptors (Lipinski definition) is 7. The van der Waals surface area contributed by atoms with E-state index in [2.05, 4.69) is 0 Å². The number of aliphatic hydroxyl groups excluding tert-OH is 1. The van der Waals surface area contributed by atoms with Gasteiger partial charge in [-0.3, -0.25) is 9.59 Å². The monoisotopic (exact) mass is 500 g/mol. The van der Waals surface area contributed by atoms with Crippen molar-refractivity contribution in [3.05, 3.63) is 71.8 Å². The number of hydrogen-bond donors (Lipinski definition) is 1. The van der Waals surface area contributed by atoms with Crippen LogP contribution in [-0.2, 0) is 41.8 Å². The first-order chi connectivity index (χ1) is 17.0. The lowest BCUT2D eigenvalue weighted by molar-refractivity contribution is -0.176. The summed E-state index contributed by atoms with van der Waals surface area (Å²) in [5.74, 6) is -0.577. The molecule has 2 saturated heterocycles. The highest BCUT2D eigenvalue weighted by atomic mass is 16.5. The fourth-order valence-electron chi connectivity index (χ4n) is 4.12. The SMILES string of the molecule is C.CC(O)C1(C(=O)OCc2ccccc2)CCCOC1.O=C(OCc1ccccc1)C1CCCOC1. The van der Waals surface area contributed by atoms with Crippen LogP contribution in [0.25, 0.3) is 0 Å². The van der Waals surface area contributed by atoms with Gasteiger partial charge in [0.25, 0.3) is 0 Å². The van der Waals surface area contributed by atoms with Crippen molar-refractivity contribution in [3.8, 4) is 0 Å². The zero-order valence-electron chi connectivity index (χ0n) is 20.4. The van der Waals surface area contributed by atoms with Crippen molar-refractivity contribution in [2.45, 2.75) is 59.4 Å². The zero-order chi connectivity index (χ0) is 24.9. The summed E-state index contributed by atoms with van der Waals surface area (Å²) < 4.78 is 21.2. The molecule has 3 atom stereocenters. The van der Waals surface area contributed by atoms with Gasteiger partial charge in [0.2, 0.25) is 0 Å². The Morgan fingerprint density at radius 2 is 1.53 bits per heavy atom. The molecule has 0 amide bonds. The maximum atomic E-state index is 12.3. The normalized spacial score (nSPS) is 22.1. The first kappa shape index (κ1) is 29.5. The van der Waals surface area contributed by atoms with Crippen LogP contribution in [0.3, 0.4) is 0 Å². The summed E-state index contributed by atoms with van der Waals surface area (Å²) in [7, 11) is 0. The van der Waals surface area contributed by atoms with Crippen LogP contribution in [0.5, 0.6) is 0 Å². The van der Waals surface area contributed by atoms with E-state index in [1.807, 2.05) is 60.7 Å². The molecule has 2 aliphatic heterocycles. The largest absolute Gasteiger partial charge is 0.461 e. The van der Waals surface area contributed by atoms with Gasteiger partial charge in [-0.1, -0.05) is 68.1 Å². The van der Waals surface area contributed by atoms with Crippen molar-refractivity contribution in [1.29, 1.82) is 0 Å². The van der Waals surface area contributed by atoms with Gasteiger partial charge in [0.15, 0.2) is 0 Å². The van der Waals surface area contributed by atoms with Gasteiger partial charge in [-0.15, -0.1) is 0 Å². The molecule has 198 valence electrons. The molecule has 0 spiro atoms. The van der Waals surface area contributed by atoms with Crippen LogP contribution in [0, 0.1) is 11.3 Å². The summed E-state index contributed by atoms with van der Waals surface area (Å²) in [5.41, 5.74) is 1.05. The van der Waals surface area contributed by atoms with Crippen molar-refractivity contribution < 1.29 is 33.6 Å². The number of carbonyl (C=O) groups is 2. The van der Waals surface area contributed by atoms with E-state index < -0.39 is 11.5 Å². The topological polar surface area (TPSA) is 91.3 Å². The molecule has 36 heavy (non-hydrogen) atoms. The van der Waals surface area contributed by atoms with Crippen molar-refractivity contribution in [1.82, 2.24) is 0 Å². The van der Waals surface area contributed by atoms with Gasteiger partial charge >= 0.3 is 11.9 Å². The van der Waals surface area contributed by atoms with Crippen LogP contribution in [0.4, 0.5) is 0 Å². The van der Waals surface area contributed by atoms with Gasteiger partial charge in [-0.25, -0.2) is 0 Å². The first-order valence-corrected chi connectivity index (χ1v) is 12.3. The molecule has 0 bridgehead atoms. The van der Waals surface area contributed by atoms with Crippen LogP contribution in [0.1, 0.15) is 51.2 Å². The second-order valence-corrected chi connectivity index (χ2v) is 9.06. The lowest BCUT2D eigenvalue weighted by atomic mass is 9.78. The summed E-state index contributed by atoms with van der Waals surface area (Å²) >= 11 is 0. The number of benzene rings is 2. The number of aliphatic hydroxyl groups is 1. The van der Waals surface area contributed by atoms with Crippen LogP contribution in [0.2, 0.25) is 0 Å². The minimum absolute atomic E-state index is 0. The molecular formula is C29H40O7. The maximum absolute atomic E-state index is 12.3. The van der Waals surface area contributed by atoms with Crippen molar-refractivity contribution in [3.63, 3.8) is 0 Å². The fraction of sp³-hybridized carbons (Fsp3) is 0.517. The highest BCUT2D eigenvalue weighted by molar-refractivity contribution is 5.78. The van der Waals surface area contributed by atoms with Gasteiger partial charge in [-0.05, 0) is 43.7 Å². The first-order valence-electron chi connectivity index (χ1n) is 12.3. The second kappa shape index (κ2) is 15.4. The summed E-state index contributed by atoms with van der Waals surface area (Å²) in [5, 5.41) is 9.91. The summed E-state index contributed by atoms with van der Waals surface area (Å²) in [4.78, 5) is 23.9. The van der Waals surface area contributed by atoms with Crippen molar-refractivity contribution >= 4 is 11.9 Å². The molecule has 2 aliphatic rings. The smallest absolute Gasteiger partial charge is 0.317 e. The fourth-order valence-corrected chi connectivity index (χ4v) is 4.12. The average Bonchev–Trinajstić information content (AvgIpc) is 2.92. The Kier molecular flexibility index (Phi) is 12.6. The molecule has 4 rings (SSSR count). The highest BCUT2D eigenvalue weighted by Crippen LogP contribution is 2.34. The summed E-state index contributed by atoms with van der Waals surface area (Å²) in [6, 6.07) is 19.2. The number of rotatable bonds is 7. The zero-order valence-corrected chi connectivity index (χ0v) is 20.4. The molecule has 2 heterocycles. The summed E-state index contributed by atoms with van der Waals surface area (Å²) in [6.45, 7) is 4.36. The Morgan fingerprint density at radius 3 is 2.03 bits per heavy atom. The Bertz CT molecular complexity index is 886. The van der Waals surface area contributed by atoms with E-state index in [0.29, 0.717) is 26.2 Å². The molecule has 0 radical (unpaired) electrons. The Morgan fingerprint density at radius 1 is 0.944 bits per heavy atom. The standard InChI is InChI=1S/C15H20O4.C13H16O3.CH4/c1-12(16)15(8-5-9-18-11-15)14(17)19-10-13-6-3-2-4-7-13;14-13(12-7-4-8-15-10-12)16-9-11-5-2-1-3-6-11;/h2-4,6-7,12,16H,5,8-11H2,1H3;1-3,5-6,12H,4,7-10H2;1H4. The van der Waals surface area contributed by atoms with E-state index >= 15 is 0 Å². The quantitative estimate of drug-likeness (QED) is 0.551. The van der Waals surface area contributed by atoms with Crippen LogP contribution in [-0.4, -0.2) is 49.6 Å². The molecule has 7 heteroatoms. The van der Waals surface area contributed by atoms with Crippen molar-refractivity contribution in [2.24, 2.45) is 11.3 Å². The third-order valence-corrected chi connectivity index (χ3v) is 6.41. The molecule has 2 aromatic rings. The van der Waals surface area contributed by atoms with E-state index in [4.69, 9.17) is 18.9 Å².